The maximum atomic E-state index is 13.2. The molecule has 2 aromatic carbocycles. The maximum Gasteiger partial charge on any atom is 0.316 e. The Morgan fingerprint density at radius 2 is 1.47 bits per heavy atom. The van der Waals surface area contributed by atoms with Gasteiger partial charge in [0.1, 0.15) is 5.82 Å². The van der Waals surface area contributed by atoms with Crippen molar-refractivity contribution in [3.8, 4) is 0 Å². The molecule has 0 atom stereocenters. The highest BCUT2D eigenvalue weighted by atomic mass is 19.1. The van der Waals surface area contributed by atoms with Gasteiger partial charge in [0.2, 0.25) is 0 Å². The molecular formula is C22H23FN4O3. The topological polar surface area (TPSA) is 76.3 Å². The molecule has 30 heavy (non-hydrogen) atoms. The molecule has 1 aromatic heterocycles. The molecule has 3 aromatic rings. The Hall–Kier alpha value is -3.42. The van der Waals surface area contributed by atoms with Crippen molar-refractivity contribution in [2.75, 3.05) is 23.3 Å². The van der Waals surface area contributed by atoms with Crippen molar-refractivity contribution in [1.29, 1.82) is 0 Å². The van der Waals surface area contributed by atoms with Gasteiger partial charge in [-0.05, 0) is 55.7 Å². The van der Waals surface area contributed by atoms with Crippen LogP contribution in [0.1, 0.15) is 29.6 Å². The molecule has 1 saturated heterocycles. The van der Waals surface area contributed by atoms with E-state index < -0.39 is 16.9 Å². The van der Waals surface area contributed by atoms with Crippen molar-refractivity contribution in [2.24, 2.45) is 14.1 Å². The SMILES string of the molecule is Cn1c(=O)c(=O)n(C)c2cc(N3CCCCC3)c(NC(=O)c3ccc(F)cc3)cc21. The zero-order chi connectivity index (χ0) is 21.4. The Labute approximate surface area is 172 Å². The molecule has 1 aliphatic heterocycles. The molecule has 8 heteroatoms. The Morgan fingerprint density at radius 3 is 2.07 bits per heavy atom. The van der Waals surface area contributed by atoms with Crippen LogP contribution < -0.4 is 21.3 Å². The third kappa shape index (κ3) is 3.49. The number of carbonyl (C=O) groups excluding carboxylic acids is 1. The van der Waals surface area contributed by atoms with Gasteiger partial charge in [0.25, 0.3) is 5.91 Å². The van der Waals surface area contributed by atoms with Crippen LogP contribution in [0.25, 0.3) is 11.0 Å². The quantitative estimate of drug-likeness (QED) is 0.674. The van der Waals surface area contributed by atoms with E-state index in [9.17, 15) is 18.8 Å². The highest BCUT2D eigenvalue weighted by molar-refractivity contribution is 6.07. The lowest BCUT2D eigenvalue weighted by atomic mass is 10.1. The highest BCUT2D eigenvalue weighted by Crippen LogP contribution is 2.32. The Balaban J connectivity index is 1.87. The second-order valence-electron chi connectivity index (χ2n) is 7.60. The molecule has 1 amide bonds. The van der Waals surface area contributed by atoms with E-state index >= 15 is 0 Å². The number of nitrogens with zero attached hydrogens (tertiary/aromatic N) is 3. The van der Waals surface area contributed by atoms with E-state index in [2.05, 4.69) is 10.2 Å². The minimum atomic E-state index is -0.633. The van der Waals surface area contributed by atoms with Crippen LogP contribution in [0.3, 0.4) is 0 Å². The summed E-state index contributed by atoms with van der Waals surface area (Å²) in [4.78, 5) is 39.5. The van der Waals surface area contributed by atoms with Crippen LogP contribution in [0.5, 0.6) is 0 Å². The zero-order valence-electron chi connectivity index (χ0n) is 16.9. The second-order valence-corrected chi connectivity index (χ2v) is 7.60. The summed E-state index contributed by atoms with van der Waals surface area (Å²) in [6, 6.07) is 8.89. The molecule has 1 N–H and O–H groups in total. The Kier molecular flexibility index (Phi) is 5.15. The standard InChI is InChI=1S/C22H23FN4O3/c1-25-18-12-16(24-20(28)14-6-8-15(23)9-7-14)17(27-10-4-3-5-11-27)13-19(18)26(2)22(30)21(25)29/h6-9,12-13H,3-5,10-11H2,1-2H3,(H,24,28). The van der Waals surface area contributed by atoms with Crippen LogP contribution in [0.4, 0.5) is 15.8 Å². The van der Waals surface area contributed by atoms with Gasteiger partial charge in [-0.3, -0.25) is 14.4 Å². The van der Waals surface area contributed by atoms with Crippen molar-refractivity contribution >= 4 is 28.3 Å². The van der Waals surface area contributed by atoms with E-state index in [0.29, 0.717) is 22.3 Å². The van der Waals surface area contributed by atoms with Crippen LogP contribution >= 0.6 is 0 Å². The van der Waals surface area contributed by atoms with Gasteiger partial charge in [0, 0.05) is 32.7 Å². The molecule has 4 rings (SSSR count). The molecule has 1 fully saturated rings. The minimum Gasteiger partial charge on any atom is -0.370 e. The smallest absolute Gasteiger partial charge is 0.316 e. The van der Waals surface area contributed by atoms with E-state index in [1.165, 1.54) is 40.4 Å². The molecule has 0 unspecified atom stereocenters. The third-order valence-electron chi connectivity index (χ3n) is 5.66. The van der Waals surface area contributed by atoms with Crippen LogP contribution in [0.15, 0.2) is 46.0 Å². The first kappa shape index (κ1) is 19.9. The average molecular weight is 410 g/mol. The Morgan fingerprint density at radius 1 is 0.900 bits per heavy atom. The van der Waals surface area contributed by atoms with Crippen molar-refractivity contribution in [1.82, 2.24) is 9.13 Å². The van der Waals surface area contributed by atoms with Crippen molar-refractivity contribution in [3.05, 3.63) is 68.5 Å². The molecule has 7 nitrogen and oxygen atoms in total. The number of anilines is 2. The van der Waals surface area contributed by atoms with Gasteiger partial charge in [0.05, 0.1) is 22.4 Å². The van der Waals surface area contributed by atoms with Gasteiger partial charge in [-0.25, -0.2) is 4.39 Å². The average Bonchev–Trinajstić information content (AvgIpc) is 2.77. The van der Waals surface area contributed by atoms with Crippen LogP contribution in [-0.4, -0.2) is 28.1 Å². The number of aromatic nitrogens is 2. The molecule has 0 spiro atoms. The fourth-order valence-electron chi connectivity index (χ4n) is 3.90. The normalized spacial score (nSPS) is 14.2. The minimum absolute atomic E-state index is 0.329. The van der Waals surface area contributed by atoms with Gasteiger partial charge in [-0.1, -0.05) is 0 Å². The molecule has 0 bridgehead atoms. The predicted octanol–water partition coefficient (Wildman–Crippen LogP) is 2.62. The maximum absolute atomic E-state index is 13.2. The summed E-state index contributed by atoms with van der Waals surface area (Å²) in [6.45, 7) is 1.68. The molecule has 2 heterocycles. The van der Waals surface area contributed by atoms with Crippen molar-refractivity contribution in [2.45, 2.75) is 19.3 Å². The van der Waals surface area contributed by atoms with Gasteiger partial charge >= 0.3 is 11.1 Å². The van der Waals surface area contributed by atoms with Crippen LogP contribution in [-0.2, 0) is 14.1 Å². The summed E-state index contributed by atoms with van der Waals surface area (Å²) < 4.78 is 15.9. The number of fused-ring (bicyclic) bond motifs is 1. The second kappa shape index (κ2) is 7.78. The lowest BCUT2D eigenvalue weighted by Gasteiger charge is -2.31. The zero-order valence-corrected chi connectivity index (χ0v) is 16.9. The largest absolute Gasteiger partial charge is 0.370 e. The van der Waals surface area contributed by atoms with Gasteiger partial charge in [-0.2, -0.15) is 0 Å². The summed E-state index contributed by atoms with van der Waals surface area (Å²) in [5.74, 6) is -0.787. The predicted molar refractivity (Wildman–Crippen MR) is 115 cm³/mol. The summed E-state index contributed by atoms with van der Waals surface area (Å²) in [5.41, 5.74) is 1.60. The molecule has 156 valence electrons. The summed E-state index contributed by atoms with van der Waals surface area (Å²) in [5, 5.41) is 2.91. The number of piperidine rings is 1. The molecule has 1 aliphatic rings. The number of hydrogen-bond acceptors (Lipinski definition) is 4. The number of rotatable bonds is 3. The molecular weight excluding hydrogens is 387 g/mol. The molecule has 0 aliphatic carbocycles. The number of halogens is 1. The van der Waals surface area contributed by atoms with Crippen molar-refractivity contribution in [3.63, 3.8) is 0 Å². The first-order valence-electron chi connectivity index (χ1n) is 9.92. The monoisotopic (exact) mass is 410 g/mol. The lowest BCUT2D eigenvalue weighted by molar-refractivity contribution is 0.102. The number of amides is 1. The first-order valence-corrected chi connectivity index (χ1v) is 9.92. The van der Waals surface area contributed by atoms with Crippen LogP contribution in [0, 0.1) is 5.82 Å². The number of nitrogens with one attached hydrogen (secondary N) is 1. The molecule has 0 radical (unpaired) electrons. The summed E-state index contributed by atoms with van der Waals surface area (Å²) >= 11 is 0. The van der Waals surface area contributed by atoms with Crippen molar-refractivity contribution < 1.29 is 9.18 Å². The summed E-state index contributed by atoms with van der Waals surface area (Å²) in [6.07, 6.45) is 3.22. The van der Waals surface area contributed by atoms with E-state index in [-0.39, 0.29) is 5.91 Å². The molecule has 0 saturated carbocycles. The third-order valence-corrected chi connectivity index (χ3v) is 5.66. The van der Waals surface area contributed by atoms with Crippen LogP contribution in [0.2, 0.25) is 0 Å². The lowest BCUT2D eigenvalue weighted by Crippen LogP contribution is -2.39. The number of benzene rings is 2. The number of carbonyl (C=O) groups is 1. The summed E-state index contributed by atoms with van der Waals surface area (Å²) in [7, 11) is 3.11. The van der Waals surface area contributed by atoms with E-state index in [4.69, 9.17) is 0 Å². The number of hydrogen-bond donors (Lipinski definition) is 1. The number of aryl methyl sites for hydroxylation is 2. The van der Waals surface area contributed by atoms with E-state index in [1.807, 2.05) is 6.07 Å². The highest BCUT2D eigenvalue weighted by Gasteiger charge is 2.20. The fraction of sp³-hybridized carbons (Fsp3) is 0.318. The van der Waals surface area contributed by atoms with Gasteiger partial charge in [-0.15, -0.1) is 0 Å². The fourth-order valence-corrected chi connectivity index (χ4v) is 3.90. The first-order chi connectivity index (χ1) is 14.4. The Bertz CT molecular complexity index is 1240. The van der Waals surface area contributed by atoms with E-state index in [1.54, 1.807) is 13.1 Å². The van der Waals surface area contributed by atoms with Gasteiger partial charge in [0.15, 0.2) is 0 Å². The van der Waals surface area contributed by atoms with Gasteiger partial charge < -0.3 is 19.4 Å². The van der Waals surface area contributed by atoms with E-state index in [0.717, 1.165) is 38.0 Å².